The van der Waals surface area contributed by atoms with E-state index in [0.29, 0.717) is 21.3 Å². The molecule has 118 valence electrons. The lowest BCUT2D eigenvalue weighted by atomic mass is 9.97. The average molecular weight is 350 g/mol. The summed E-state index contributed by atoms with van der Waals surface area (Å²) in [6, 6.07) is 9.69. The largest absolute Gasteiger partial charge is 0.325 e. The quantitative estimate of drug-likeness (QED) is 0.864. The molecular formula is C16H13Cl2N3O2. The fraction of sp³-hybridized carbons (Fsp3) is 0.188. The lowest BCUT2D eigenvalue weighted by Gasteiger charge is -2.21. The van der Waals surface area contributed by atoms with Crippen LogP contribution in [0.1, 0.15) is 18.2 Å². The summed E-state index contributed by atoms with van der Waals surface area (Å²) in [6.07, 6.45) is 1.58. The third-order valence-electron chi connectivity index (χ3n) is 3.80. The van der Waals surface area contributed by atoms with Crippen molar-refractivity contribution >= 4 is 35.1 Å². The van der Waals surface area contributed by atoms with E-state index in [1.165, 1.54) is 0 Å². The van der Waals surface area contributed by atoms with Gasteiger partial charge >= 0.3 is 6.03 Å². The molecule has 1 N–H and O–H groups in total. The molecule has 2 aromatic rings. The number of rotatable bonds is 3. The minimum Gasteiger partial charge on any atom is -0.318 e. The molecule has 5 nitrogen and oxygen atoms in total. The smallest absolute Gasteiger partial charge is 0.318 e. The number of amides is 3. The van der Waals surface area contributed by atoms with Gasteiger partial charge in [-0.15, -0.1) is 0 Å². The number of aromatic nitrogens is 1. The fourth-order valence-corrected chi connectivity index (χ4v) is 2.96. The van der Waals surface area contributed by atoms with E-state index in [1.807, 2.05) is 0 Å². The number of hydrogen-bond donors (Lipinski definition) is 1. The minimum atomic E-state index is -1.18. The summed E-state index contributed by atoms with van der Waals surface area (Å²) in [5, 5.41) is 3.60. The Morgan fingerprint density at radius 1 is 1.22 bits per heavy atom. The van der Waals surface area contributed by atoms with E-state index in [4.69, 9.17) is 23.2 Å². The number of hydrogen-bond acceptors (Lipinski definition) is 3. The summed E-state index contributed by atoms with van der Waals surface area (Å²) in [4.78, 5) is 30.3. The SMILES string of the molecule is CC1(c2ccccn2)NC(=O)N(Cc2ccc(Cl)cc2Cl)C1=O. The highest BCUT2D eigenvalue weighted by Crippen LogP contribution is 2.30. The molecule has 2 heterocycles. The van der Waals surface area contributed by atoms with Gasteiger partial charge in [0.1, 0.15) is 0 Å². The fourth-order valence-electron chi connectivity index (χ4n) is 2.49. The molecule has 7 heteroatoms. The molecule has 0 spiro atoms. The van der Waals surface area contributed by atoms with Crippen LogP contribution in [-0.2, 0) is 16.9 Å². The molecule has 23 heavy (non-hydrogen) atoms. The monoisotopic (exact) mass is 349 g/mol. The predicted molar refractivity (Wildman–Crippen MR) is 87.1 cm³/mol. The van der Waals surface area contributed by atoms with Crippen LogP contribution in [0.15, 0.2) is 42.6 Å². The average Bonchev–Trinajstić information content (AvgIpc) is 2.75. The second-order valence-corrected chi connectivity index (χ2v) is 6.24. The summed E-state index contributed by atoms with van der Waals surface area (Å²) in [7, 11) is 0. The predicted octanol–water partition coefficient (Wildman–Crippen LogP) is 3.36. The molecule has 0 radical (unpaired) electrons. The molecular weight excluding hydrogens is 337 g/mol. The standard InChI is InChI=1S/C16H13Cl2N3O2/c1-16(13-4-2-3-7-19-13)14(22)21(15(23)20-16)9-10-5-6-11(17)8-12(10)18/h2-8H,9H2,1H3,(H,20,23). The summed E-state index contributed by atoms with van der Waals surface area (Å²) in [5.41, 5.74) is -0.0510. The van der Waals surface area contributed by atoms with Gasteiger partial charge < -0.3 is 5.32 Å². The number of imide groups is 1. The highest BCUT2D eigenvalue weighted by molar-refractivity contribution is 6.35. The van der Waals surface area contributed by atoms with E-state index in [9.17, 15) is 9.59 Å². The number of halogens is 2. The number of urea groups is 1. The maximum atomic E-state index is 12.8. The van der Waals surface area contributed by atoms with Crippen molar-refractivity contribution in [3.05, 3.63) is 63.9 Å². The Balaban J connectivity index is 1.90. The van der Waals surface area contributed by atoms with Crippen molar-refractivity contribution in [2.75, 3.05) is 0 Å². The van der Waals surface area contributed by atoms with Gasteiger partial charge in [0.15, 0.2) is 5.54 Å². The number of carbonyl (C=O) groups excluding carboxylic acids is 2. The Labute approximate surface area is 143 Å². The van der Waals surface area contributed by atoms with Crippen LogP contribution in [-0.4, -0.2) is 21.8 Å². The zero-order chi connectivity index (χ0) is 16.6. The summed E-state index contributed by atoms with van der Waals surface area (Å²) in [5.74, 6) is -0.368. The van der Waals surface area contributed by atoms with Crippen LogP contribution < -0.4 is 5.32 Å². The van der Waals surface area contributed by atoms with E-state index < -0.39 is 11.6 Å². The number of carbonyl (C=O) groups is 2. The Bertz CT molecular complexity index is 782. The molecule has 1 aliphatic rings. The molecule has 1 fully saturated rings. The molecule has 0 bridgehead atoms. The van der Waals surface area contributed by atoms with Crippen LogP contribution in [0.5, 0.6) is 0 Å². The zero-order valence-electron chi connectivity index (χ0n) is 12.2. The number of benzene rings is 1. The lowest BCUT2D eigenvalue weighted by molar-refractivity contribution is -0.131. The molecule has 1 atom stereocenters. The first kappa shape index (κ1) is 15.8. The van der Waals surface area contributed by atoms with Crippen molar-refractivity contribution in [1.82, 2.24) is 15.2 Å². The highest BCUT2D eigenvalue weighted by atomic mass is 35.5. The van der Waals surface area contributed by atoms with Crippen molar-refractivity contribution in [3.63, 3.8) is 0 Å². The van der Waals surface area contributed by atoms with Crippen LogP contribution in [0.25, 0.3) is 0 Å². The van der Waals surface area contributed by atoms with Crippen LogP contribution >= 0.6 is 23.2 Å². The lowest BCUT2D eigenvalue weighted by Crippen LogP contribution is -2.41. The number of nitrogens with zero attached hydrogens (tertiary/aromatic N) is 2. The zero-order valence-corrected chi connectivity index (χ0v) is 13.7. The van der Waals surface area contributed by atoms with Crippen LogP contribution in [0.2, 0.25) is 10.0 Å². The van der Waals surface area contributed by atoms with Crippen molar-refractivity contribution in [2.45, 2.75) is 19.0 Å². The van der Waals surface area contributed by atoms with Gasteiger partial charge in [0.25, 0.3) is 5.91 Å². The van der Waals surface area contributed by atoms with Crippen molar-refractivity contribution in [1.29, 1.82) is 0 Å². The summed E-state index contributed by atoms with van der Waals surface area (Å²) in [6.45, 7) is 1.71. The maximum Gasteiger partial charge on any atom is 0.325 e. The first-order valence-corrected chi connectivity index (χ1v) is 7.67. The number of pyridine rings is 1. The van der Waals surface area contributed by atoms with E-state index in [0.717, 1.165) is 4.90 Å². The van der Waals surface area contributed by atoms with Gasteiger partial charge in [-0.2, -0.15) is 0 Å². The molecule has 3 amide bonds. The normalized spacial score (nSPS) is 20.7. The van der Waals surface area contributed by atoms with Gasteiger partial charge in [-0.25, -0.2) is 4.79 Å². The molecule has 1 saturated heterocycles. The minimum absolute atomic E-state index is 0.0725. The maximum absolute atomic E-state index is 12.8. The summed E-state index contributed by atoms with van der Waals surface area (Å²) < 4.78 is 0. The van der Waals surface area contributed by atoms with Crippen LogP contribution in [0.4, 0.5) is 4.79 Å². The Kier molecular flexibility index (Phi) is 4.00. The van der Waals surface area contributed by atoms with E-state index in [-0.39, 0.29) is 12.5 Å². The van der Waals surface area contributed by atoms with Crippen molar-refractivity contribution < 1.29 is 9.59 Å². The molecule has 3 rings (SSSR count). The van der Waals surface area contributed by atoms with Gasteiger partial charge in [0, 0.05) is 16.2 Å². The Morgan fingerprint density at radius 3 is 2.65 bits per heavy atom. The molecule has 1 aromatic carbocycles. The third kappa shape index (κ3) is 2.78. The number of nitrogens with one attached hydrogen (secondary N) is 1. The van der Waals surface area contributed by atoms with Gasteiger partial charge in [-0.05, 0) is 36.8 Å². The summed E-state index contributed by atoms with van der Waals surface area (Å²) >= 11 is 12.0. The van der Waals surface area contributed by atoms with E-state index >= 15 is 0 Å². The molecule has 1 aliphatic heterocycles. The van der Waals surface area contributed by atoms with Gasteiger partial charge in [-0.1, -0.05) is 35.3 Å². The Morgan fingerprint density at radius 2 is 2.00 bits per heavy atom. The molecule has 0 saturated carbocycles. The van der Waals surface area contributed by atoms with Gasteiger partial charge in [0.2, 0.25) is 0 Å². The van der Waals surface area contributed by atoms with Crippen LogP contribution in [0, 0.1) is 0 Å². The third-order valence-corrected chi connectivity index (χ3v) is 4.38. The molecule has 1 aromatic heterocycles. The first-order chi connectivity index (χ1) is 10.9. The van der Waals surface area contributed by atoms with Gasteiger partial charge in [-0.3, -0.25) is 14.7 Å². The highest BCUT2D eigenvalue weighted by Gasteiger charge is 2.49. The van der Waals surface area contributed by atoms with E-state index in [1.54, 1.807) is 49.5 Å². The van der Waals surface area contributed by atoms with E-state index in [2.05, 4.69) is 10.3 Å². The van der Waals surface area contributed by atoms with Crippen molar-refractivity contribution in [3.8, 4) is 0 Å². The molecule has 0 aliphatic carbocycles. The van der Waals surface area contributed by atoms with Crippen LogP contribution in [0.3, 0.4) is 0 Å². The topological polar surface area (TPSA) is 62.3 Å². The second kappa shape index (κ2) is 5.83. The molecule has 1 unspecified atom stereocenters. The van der Waals surface area contributed by atoms with Crippen molar-refractivity contribution in [2.24, 2.45) is 0 Å². The first-order valence-electron chi connectivity index (χ1n) is 6.91. The second-order valence-electron chi connectivity index (χ2n) is 5.40. The Hall–Kier alpha value is -2.11. The van der Waals surface area contributed by atoms with Gasteiger partial charge in [0.05, 0.1) is 12.2 Å².